The highest BCUT2D eigenvalue weighted by Crippen LogP contribution is 2.27. The maximum atomic E-state index is 11.7. The zero-order valence-electron chi connectivity index (χ0n) is 10.8. The van der Waals surface area contributed by atoms with Crippen molar-refractivity contribution < 1.29 is 23.9 Å². The van der Waals surface area contributed by atoms with E-state index in [1.807, 2.05) is 0 Å². The third kappa shape index (κ3) is 3.01. The van der Waals surface area contributed by atoms with Gasteiger partial charge in [0.05, 0.1) is 36.7 Å². The van der Waals surface area contributed by atoms with Crippen LogP contribution in [0.1, 0.15) is 27.6 Å². The summed E-state index contributed by atoms with van der Waals surface area (Å²) in [6.45, 7) is 1.30. The van der Waals surface area contributed by atoms with Crippen molar-refractivity contribution in [2.75, 3.05) is 25.3 Å². The van der Waals surface area contributed by atoms with Crippen LogP contribution in [0.3, 0.4) is 0 Å². The molecule has 0 aliphatic heterocycles. The van der Waals surface area contributed by atoms with Crippen molar-refractivity contribution in [1.29, 1.82) is 0 Å². The Morgan fingerprint density at radius 3 is 2.16 bits per heavy atom. The van der Waals surface area contributed by atoms with Crippen LogP contribution in [-0.4, -0.2) is 32.1 Å². The number of nitrogens with one attached hydrogen (secondary N) is 1. The molecule has 0 aliphatic carbocycles. The monoisotopic (exact) mass is 266 g/mol. The number of rotatable bonds is 3. The molecule has 1 aromatic carbocycles. The standard InChI is InChI=1S/C12H14N2O5/c1-6(15)14-8-5-4-7(11(16)18-2)9(10(8)13)12(17)19-3/h4-5H,13H2,1-3H3,(H,14,15). The van der Waals surface area contributed by atoms with Crippen molar-refractivity contribution in [3.05, 3.63) is 23.3 Å². The summed E-state index contributed by atoms with van der Waals surface area (Å²) >= 11 is 0. The smallest absolute Gasteiger partial charge is 0.340 e. The number of carbonyl (C=O) groups is 3. The summed E-state index contributed by atoms with van der Waals surface area (Å²) in [5.41, 5.74) is 5.78. The first-order valence-electron chi connectivity index (χ1n) is 5.29. The lowest BCUT2D eigenvalue weighted by Gasteiger charge is -2.13. The number of hydrogen-bond donors (Lipinski definition) is 2. The highest BCUT2D eigenvalue weighted by atomic mass is 16.5. The number of amides is 1. The molecule has 0 aromatic heterocycles. The van der Waals surface area contributed by atoms with E-state index in [0.29, 0.717) is 0 Å². The minimum Gasteiger partial charge on any atom is -0.465 e. The Morgan fingerprint density at radius 1 is 1.11 bits per heavy atom. The van der Waals surface area contributed by atoms with Crippen molar-refractivity contribution in [2.45, 2.75) is 6.92 Å². The van der Waals surface area contributed by atoms with Gasteiger partial charge in [0.2, 0.25) is 5.91 Å². The van der Waals surface area contributed by atoms with Crippen LogP contribution in [0.5, 0.6) is 0 Å². The molecule has 0 fully saturated rings. The first-order chi connectivity index (χ1) is 8.92. The van der Waals surface area contributed by atoms with Gasteiger partial charge in [-0.2, -0.15) is 0 Å². The van der Waals surface area contributed by atoms with E-state index < -0.39 is 11.9 Å². The molecule has 0 unspecified atom stereocenters. The van der Waals surface area contributed by atoms with Gasteiger partial charge in [0.15, 0.2) is 0 Å². The first-order valence-corrected chi connectivity index (χ1v) is 5.29. The molecule has 1 rings (SSSR count). The Labute approximate surface area is 109 Å². The van der Waals surface area contributed by atoms with Crippen molar-refractivity contribution >= 4 is 29.2 Å². The van der Waals surface area contributed by atoms with Crippen molar-refractivity contribution in [1.82, 2.24) is 0 Å². The number of hydrogen-bond acceptors (Lipinski definition) is 6. The number of esters is 2. The summed E-state index contributed by atoms with van der Waals surface area (Å²) < 4.78 is 9.13. The summed E-state index contributed by atoms with van der Waals surface area (Å²) in [6, 6.07) is 2.75. The Balaban J connectivity index is 3.44. The van der Waals surface area contributed by atoms with Gasteiger partial charge in [0, 0.05) is 6.92 Å². The minimum absolute atomic E-state index is 0.0269. The van der Waals surface area contributed by atoms with E-state index in [2.05, 4.69) is 14.8 Å². The average molecular weight is 266 g/mol. The second-order valence-corrected chi connectivity index (χ2v) is 3.61. The number of nitrogens with two attached hydrogens (primary N) is 1. The molecule has 0 radical (unpaired) electrons. The van der Waals surface area contributed by atoms with E-state index in [1.165, 1.54) is 26.2 Å². The van der Waals surface area contributed by atoms with Crippen LogP contribution in [-0.2, 0) is 14.3 Å². The van der Waals surface area contributed by atoms with E-state index in [4.69, 9.17) is 5.73 Å². The van der Waals surface area contributed by atoms with Crippen LogP contribution < -0.4 is 11.1 Å². The third-order valence-electron chi connectivity index (χ3n) is 2.35. The molecule has 0 bridgehead atoms. The fourth-order valence-corrected chi connectivity index (χ4v) is 1.52. The quantitative estimate of drug-likeness (QED) is 0.619. The summed E-state index contributed by atoms with van der Waals surface area (Å²) in [5.74, 6) is -1.86. The molecule has 1 amide bonds. The van der Waals surface area contributed by atoms with Gasteiger partial charge in [-0.3, -0.25) is 4.79 Å². The summed E-state index contributed by atoms with van der Waals surface area (Å²) in [7, 11) is 2.34. The largest absolute Gasteiger partial charge is 0.465 e. The molecular formula is C12H14N2O5. The fraction of sp³-hybridized carbons (Fsp3) is 0.250. The lowest BCUT2D eigenvalue weighted by Crippen LogP contribution is -2.17. The highest BCUT2D eigenvalue weighted by molar-refractivity contribution is 6.10. The Kier molecular flexibility index (Phi) is 4.46. The molecule has 7 nitrogen and oxygen atoms in total. The number of methoxy groups -OCH3 is 2. The van der Waals surface area contributed by atoms with Gasteiger partial charge in [-0.15, -0.1) is 0 Å². The van der Waals surface area contributed by atoms with Gasteiger partial charge >= 0.3 is 11.9 Å². The number of nitrogen functional groups attached to an aromatic ring is 1. The molecule has 102 valence electrons. The number of ether oxygens (including phenoxy) is 2. The van der Waals surface area contributed by atoms with E-state index in [-0.39, 0.29) is 28.4 Å². The minimum atomic E-state index is -0.787. The maximum absolute atomic E-state index is 11.7. The molecule has 19 heavy (non-hydrogen) atoms. The predicted octanol–water partition coefficient (Wildman–Crippen LogP) is 0.800. The molecule has 0 saturated heterocycles. The van der Waals surface area contributed by atoms with Crippen LogP contribution in [0.4, 0.5) is 11.4 Å². The van der Waals surface area contributed by atoms with Crippen LogP contribution in [0.2, 0.25) is 0 Å². The predicted molar refractivity (Wildman–Crippen MR) is 67.8 cm³/mol. The van der Waals surface area contributed by atoms with Gasteiger partial charge < -0.3 is 20.5 Å². The second-order valence-electron chi connectivity index (χ2n) is 3.61. The molecule has 0 aliphatic rings. The number of carbonyl (C=O) groups excluding carboxylic acids is 3. The first kappa shape index (κ1) is 14.5. The van der Waals surface area contributed by atoms with Crippen LogP contribution >= 0.6 is 0 Å². The summed E-state index contributed by atoms with van der Waals surface area (Å²) in [5, 5.41) is 2.45. The summed E-state index contributed by atoms with van der Waals surface area (Å²) in [4.78, 5) is 34.3. The molecule has 3 N–H and O–H groups in total. The van der Waals surface area contributed by atoms with Crippen molar-refractivity contribution in [3.63, 3.8) is 0 Å². The van der Waals surface area contributed by atoms with E-state index in [0.717, 1.165) is 7.11 Å². The number of anilines is 2. The molecule has 0 spiro atoms. The van der Waals surface area contributed by atoms with Crippen LogP contribution in [0.15, 0.2) is 12.1 Å². The molecule has 0 saturated carbocycles. The topological polar surface area (TPSA) is 108 Å². The second kappa shape index (κ2) is 5.85. The van der Waals surface area contributed by atoms with E-state index >= 15 is 0 Å². The Hall–Kier alpha value is -2.57. The van der Waals surface area contributed by atoms with Gasteiger partial charge in [0.25, 0.3) is 0 Å². The molecule has 1 aromatic rings. The van der Waals surface area contributed by atoms with Gasteiger partial charge in [-0.05, 0) is 12.1 Å². The zero-order valence-corrected chi connectivity index (χ0v) is 10.8. The fourth-order valence-electron chi connectivity index (χ4n) is 1.52. The van der Waals surface area contributed by atoms with Gasteiger partial charge in [0.1, 0.15) is 0 Å². The molecular weight excluding hydrogens is 252 g/mol. The van der Waals surface area contributed by atoms with Crippen molar-refractivity contribution in [2.24, 2.45) is 0 Å². The SMILES string of the molecule is COC(=O)c1ccc(NC(C)=O)c(N)c1C(=O)OC. The summed E-state index contributed by atoms with van der Waals surface area (Å²) in [6.07, 6.45) is 0. The highest BCUT2D eigenvalue weighted by Gasteiger charge is 2.23. The van der Waals surface area contributed by atoms with Crippen LogP contribution in [0, 0.1) is 0 Å². The third-order valence-corrected chi connectivity index (χ3v) is 2.35. The van der Waals surface area contributed by atoms with Gasteiger partial charge in [-0.1, -0.05) is 0 Å². The normalized spacial score (nSPS) is 9.63. The maximum Gasteiger partial charge on any atom is 0.340 e. The molecule has 0 heterocycles. The van der Waals surface area contributed by atoms with Gasteiger partial charge in [-0.25, -0.2) is 9.59 Å². The Bertz CT molecular complexity index is 539. The van der Waals surface area contributed by atoms with Crippen LogP contribution in [0.25, 0.3) is 0 Å². The number of benzene rings is 1. The average Bonchev–Trinajstić information content (AvgIpc) is 2.38. The Morgan fingerprint density at radius 2 is 1.68 bits per heavy atom. The molecule has 7 heteroatoms. The van der Waals surface area contributed by atoms with Crippen molar-refractivity contribution in [3.8, 4) is 0 Å². The lowest BCUT2D eigenvalue weighted by molar-refractivity contribution is -0.114. The molecule has 0 atom stereocenters. The zero-order chi connectivity index (χ0) is 14.6. The van der Waals surface area contributed by atoms with E-state index in [9.17, 15) is 14.4 Å². The van der Waals surface area contributed by atoms with E-state index in [1.54, 1.807) is 0 Å². The lowest BCUT2D eigenvalue weighted by atomic mass is 10.0.